The molecule has 106 valence electrons. The third-order valence-electron chi connectivity index (χ3n) is 3.27. The van der Waals surface area contributed by atoms with Crippen molar-refractivity contribution in [3.63, 3.8) is 0 Å². The maximum absolute atomic E-state index is 11.8. The van der Waals surface area contributed by atoms with Gasteiger partial charge in [0.1, 0.15) is 0 Å². The molecule has 0 aliphatic carbocycles. The van der Waals surface area contributed by atoms with Gasteiger partial charge in [-0.3, -0.25) is 0 Å². The first kappa shape index (κ1) is 15.7. The molecule has 0 unspecified atom stereocenters. The molecular weight excluding hydrogens is 236 g/mol. The lowest BCUT2D eigenvalue weighted by atomic mass is 10.0. The molecule has 0 radical (unpaired) electrons. The van der Waals surface area contributed by atoms with Gasteiger partial charge in [0.15, 0.2) is 0 Å². The first-order valence-corrected chi connectivity index (χ1v) is 7.34. The fraction of sp³-hybridized carbons (Fsp3) is 0.588. The smallest absolute Gasteiger partial charge is 0.338 e. The highest BCUT2D eigenvalue weighted by molar-refractivity contribution is 5.90. The van der Waals surface area contributed by atoms with Crippen molar-refractivity contribution in [3.8, 4) is 0 Å². The first-order chi connectivity index (χ1) is 9.11. The van der Waals surface area contributed by atoms with Crippen LogP contribution in [-0.2, 0) is 4.74 Å². The van der Waals surface area contributed by atoms with Gasteiger partial charge >= 0.3 is 5.97 Å². The molecule has 0 aliphatic heterocycles. The number of aryl methyl sites for hydroxylation is 1. The Hall–Kier alpha value is -1.31. The van der Waals surface area contributed by atoms with Gasteiger partial charge in [-0.15, -0.1) is 0 Å². The van der Waals surface area contributed by atoms with Crippen LogP contribution < -0.4 is 0 Å². The summed E-state index contributed by atoms with van der Waals surface area (Å²) in [4.78, 5) is 11.8. The van der Waals surface area contributed by atoms with Gasteiger partial charge in [0.05, 0.1) is 12.2 Å². The van der Waals surface area contributed by atoms with E-state index in [0.29, 0.717) is 12.2 Å². The van der Waals surface area contributed by atoms with Crippen molar-refractivity contribution in [1.82, 2.24) is 0 Å². The summed E-state index contributed by atoms with van der Waals surface area (Å²) in [5.41, 5.74) is 1.66. The molecule has 0 aromatic heterocycles. The second kappa shape index (κ2) is 8.73. The summed E-state index contributed by atoms with van der Waals surface area (Å²) in [6.45, 7) is 6.98. The van der Waals surface area contributed by atoms with Crippen LogP contribution in [0.3, 0.4) is 0 Å². The van der Waals surface area contributed by atoms with Crippen molar-refractivity contribution in [2.75, 3.05) is 6.61 Å². The largest absolute Gasteiger partial charge is 0.462 e. The van der Waals surface area contributed by atoms with E-state index in [0.717, 1.165) is 24.3 Å². The predicted molar refractivity (Wildman–Crippen MR) is 79.4 cm³/mol. The summed E-state index contributed by atoms with van der Waals surface area (Å²) >= 11 is 0. The number of carbonyl (C=O) groups is 1. The molecule has 0 atom stereocenters. The fourth-order valence-corrected chi connectivity index (χ4v) is 2.05. The molecule has 1 aromatic carbocycles. The minimum absolute atomic E-state index is 0.194. The van der Waals surface area contributed by atoms with Crippen LogP contribution in [0, 0.1) is 12.8 Å². The summed E-state index contributed by atoms with van der Waals surface area (Å²) in [7, 11) is 0. The molecule has 0 N–H and O–H groups in total. The molecule has 0 bridgehead atoms. The number of unbranched alkanes of at least 4 members (excludes halogenated alkanes) is 3. The van der Waals surface area contributed by atoms with Gasteiger partial charge in [0.25, 0.3) is 0 Å². The number of esters is 1. The molecular formula is C17H26O2. The van der Waals surface area contributed by atoms with Gasteiger partial charge in [0, 0.05) is 0 Å². The highest BCUT2D eigenvalue weighted by Crippen LogP contribution is 2.11. The van der Waals surface area contributed by atoms with Crippen molar-refractivity contribution in [3.05, 3.63) is 35.4 Å². The topological polar surface area (TPSA) is 26.3 Å². The summed E-state index contributed by atoms with van der Waals surface area (Å²) in [5, 5.41) is 0. The van der Waals surface area contributed by atoms with Crippen LogP contribution in [0.1, 0.15) is 61.9 Å². The minimum atomic E-state index is -0.194. The van der Waals surface area contributed by atoms with Crippen molar-refractivity contribution in [2.45, 2.75) is 52.9 Å². The second-order valence-electron chi connectivity index (χ2n) is 5.55. The number of ether oxygens (including phenoxy) is 1. The third-order valence-corrected chi connectivity index (χ3v) is 3.27. The summed E-state index contributed by atoms with van der Waals surface area (Å²) in [5.74, 6) is 0.596. The maximum Gasteiger partial charge on any atom is 0.338 e. The Morgan fingerprint density at radius 1 is 1.11 bits per heavy atom. The van der Waals surface area contributed by atoms with Crippen molar-refractivity contribution < 1.29 is 9.53 Å². The lowest BCUT2D eigenvalue weighted by molar-refractivity contribution is 0.0497. The van der Waals surface area contributed by atoms with Crippen LogP contribution in [0.5, 0.6) is 0 Å². The second-order valence-corrected chi connectivity index (χ2v) is 5.55. The van der Waals surface area contributed by atoms with Gasteiger partial charge < -0.3 is 4.74 Å². The van der Waals surface area contributed by atoms with E-state index < -0.39 is 0 Å². The van der Waals surface area contributed by atoms with Gasteiger partial charge in [0.2, 0.25) is 0 Å². The van der Waals surface area contributed by atoms with Crippen molar-refractivity contribution in [1.29, 1.82) is 0 Å². The number of carbonyl (C=O) groups excluding carboxylic acids is 1. The number of rotatable bonds is 8. The van der Waals surface area contributed by atoms with Gasteiger partial charge in [-0.05, 0) is 30.9 Å². The Kier molecular flexibility index (Phi) is 7.24. The van der Waals surface area contributed by atoms with E-state index in [1.54, 1.807) is 0 Å². The van der Waals surface area contributed by atoms with Crippen LogP contribution in [0.4, 0.5) is 0 Å². The minimum Gasteiger partial charge on any atom is -0.462 e. The average Bonchev–Trinajstić information content (AvgIpc) is 2.37. The van der Waals surface area contributed by atoms with E-state index in [-0.39, 0.29) is 5.97 Å². The lowest BCUT2D eigenvalue weighted by Gasteiger charge is -2.07. The summed E-state index contributed by atoms with van der Waals surface area (Å²) in [6.07, 6.45) is 5.93. The predicted octanol–water partition coefficient (Wildman–Crippen LogP) is 4.76. The molecule has 1 aromatic rings. The number of hydrogen-bond acceptors (Lipinski definition) is 2. The van der Waals surface area contributed by atoms with E-state index in [9.17, 15) is 4.79 Å². The maximum atomic E-state index is 11.8. The molecule has 2 nitrogen and oxygen atoms in total. The Bertz CT molecular complexity index is 383. The van der Waals surface area contributed by atoms with Crippen molar-refractivity contribution >= 4 is 5.97 Å². The highest BCUT2D eigenvalue weighted by atomic mass is 16.5. The third kappa shape index (κ3) is 6.42. The molecule has 0 aliphatic rings. The zero-order valence-electron chi connectivity index (χ0n) is 12.4. The standard InChI is InChI=1S/C17H26O2/c1-14(2)10-6-4-5-9-13-19-17(18)16-12-8-7-11-15(16)3/h7-8,11-12,14H,4-6,9-10,13H2,1-3H3. The van der Waals surface area contributed by atoms with Crippen LogP contribution in [0.15, 0.2) is 24.3 Å². The molecule has 19 heavy (non-hydrogen) atoms. The molecule has 1 rings (SSSR count). The van der Waals surface area contributed by atoms with Gasteiger partial charge in [-0.25, -0.2) is 4.79 Å². The molecule has 2 heteroatoms. The highest BCUT2D eigenvalue weighted by Gasteiger charge is 2.08. The Labute approximate surface area is 117 Å². The van der Waals surface area contributed by atoms with E-state index in [1.807, 2.05) is 31.2 Å². The van der Waals surface area contributed by atoms with Crippen LogP contribution >= 0.6 is 0 Å². The van der Waals surface area contributed by atoms with Gasteiger partial charge in [-0.2, -0.15) is 0 Å². The molecule has 0 amide bonds. The zero-order valence-corrected chi connectivity index (χ0v) is 12.4. The zero-order chi connectivity index (χ0) is 14.1. The van der Waals surface area contributed by atoms with Crippen molar-refractivity contribution in [2.24, 2.45) is 5.92 Å². The monoisotopic (exact) mass is 262 g/mol. The Balaban J connectivity index is 2.13. The lowest BCUT2D eigenvalue weighted by Crippen LogP contribution is -2.08. The van der Waals surface area contributed by atoms with Gasteiger partial charge in [-0.1, -0.05) is 57.7 Å². The number of benzene rings is 1. The van der Waals surface area contributed by atoms with Crippen LogP contribution in [0.25, 0.3) is 0 Å². The van der Waals surface area contributed by atoms with E-state index >= 15 is 0 Å². The SMILES string of the molecule is Cc1ccccc1C(=O)OCCCCCCC(C)C. The molecule has 0 saturated carbocycles. The van der Waals surface area contributed by atoms with Crippen LogP contribution in [-0.4, -0.2) is 12.6 Å². The summed E-state index contributed by atoms with van der Waals surface area (Å²) < 4.78 is 5.30. The Morgan fingerprint density at radius 3 is 2.47 bits per heavy atom. The molecule has 0 saturated heterocycles. The quantitative estimate of drug-likeness (QED) is 0.499. The average molecular weight is 262 g/mol. The van der Waals surface area contributed by atoms with E-state index in [1.165, 1.54) is 19.3 Å². The summed E-state index contributed by atoms with van der Waals surface area (Å²) in [6, 6.07) is 7.55. The fourth-order valence-electron chi connectivity index (χ4n) is 2.05. The van der Waals surface area contributed by atoms with E-state index in [4.69, 9.17) is 4.74 Å². The van der Waals surface area contributed by atoms with Crippen LogP contribution in [0.2, 0.25) is 0 Å². The number of hydrogen-bond donors (Lipinski definition) is 0. The molecule has 0 spiro atoms. The molecule has 0 heterocycles. The van der Waals surface area contributed by atoms with E-state index in [2.05, 4.69) is 13.8 Å². The first-order valence-electron chi connectivity index (χ1n) is 7.34. The Morgan fingerprint density at radius 2 is 1.79 bits per heavy atom. The normalized spacial score (nSPS) is 10.7. The molecule has 0 fully saturated rings.